The molecule has 0 unspecified atom stereocenters. The molecular formula is C20H22ClN7O. The Morgan fingerprint density at radius 3 is 2.76 bits per heavy atom. The Morgan fingerprint density at radius 2 is 2.03 bits per heavy atom. The van der Waals surface area contributed by atoms with Gasteiger partial charge in [0.1, 0.15) is 5.82 Å². The van der Waals surface area contributed by atoms with Crippen LogP contribution >= 0.6 is 11.6 Å². The first-order valence-corrected chi connectivity index (χ1v) is 9.86. The molecule has 1 fully saturated rings. The van der Waals surface area contributed by atoms with Crippen molar-refractivity contribution >= 4 is 23.3 Å². The molecule has 3 aromatic rings. The molecule has 1 amide bonds. The van der Waals surface area contributed by atoms with Crippen LogP contribution in [-0.2, 0) is 0 Å². The maximum Gasteiger partial charge on any atom is 0.253 e. The van der Waals surface area contributed by atoms with E-state index in [9.17, 15) is 4.79 Å². The number of nitrogens with one attached hydrogen (secondary N) is 2. The summed E-state index contributed by atoms with van der Waals surface area (Å²) in [4.78, 5) is 23.3. The molecule has 2 aromatic heterocycles. The molecule has 8 nitrogen and oxygen atoms in total. The van der Waals surface area contributed by atoms with E-state index in [1.54, 1.807) is 43.0 Å². The number of nitrogens with zero attached hydrogens (tertiary/aromatic N) is 5. The second kappa shape index (κ2) is 7.79. The van der Waals surface area contributed by atoms with Gasteiger partial charge in [0.2, 0.25) is 0 Å². The predicted molar refractivity (Wildman–Crippen MR) is 110 cm³/mol. The standard InChI is InChI=1S/C20H22ClN7O/c1-13-11-23-18(12-22-13)27-20(2)7-3-4-17(20)26-19(29)15-10-14(21)5-6-16(15)28-24-8-9-25-28/h5-6,8-12,17H,3-4,7H2,1-2H3,(H,23,27)(H,26,29)/t17-,20-/m0/s1. The summed E-state index contributed by atoms with van der Waals surface area (Å²) in [6.45, 7) is 3.99. The van der Waals surface area contributed by atoms with Gasteiger partial charge in [0.15, 0.2) is 0 Å². The van der Waals surface area contributed by atoms with Crippen molar-refractivity contribution in [2.45, 2.75) is 44.7 Å². The van der Waals surface area contributed by atoms with Crippen LogP contribution in [0.15, 0.2) is 43.0 Å². The predicted octanol–water partition coefficient (Wildman–Crippen LogP) is 3.17. The van der Waals surface area contributed by atoms with Gasteiger partial charge in [-0.2, -0.15) is 15.0 Å². The number of aromatic nitrogens is 5. The fraction of sp³-hybridized carbons (Fsp3) is 0.350. The summed E-state index contributed by atoms with van der Waals surface area (Å²) in [5.41, 5.74) is 1.53. The van der Waals surface area contributed by atoms with Crippen LogP contribution in [0, 0.1) is 6.92 Å². The average molecular weight is 412 g/mol. The molecule has 0 spiro atoms. The lowest BCUT2D eigenvalue weighted by Crippen LogP contribution is -2.52. The second-order valence-electron chi connectivity index (χ2n) is 7.48. The first kappa shape index (κ1) is 19.3. The average Bonchev–Trinajstić information content (AvgIpc) is 3.34. The zero-order valence-corrected chi connectivity index (χ0v) is 17.0. The fourth-order valence-electron chi connectivity index (χ4n) is 3.74. The number of amides is 1. The van der Waals surface area contributed by atoms with E-state index in [2.05, 4.69) is 37.7 Å². The number of hydrogen-bond donors (Lipinski definition) is 2. The molecule has 2 N–H and O–H groups in total. The first-order valence-electron chi connectivity index (χ1n) is 9.48. The Kier molecular flexibility index (Phi) is 5.19. The molecule has 9 heteroatoms. The summed E-state index contributed by atoms with van der Waals surface area (Å²) in [5.74, 6) is 0.484. The Labute approximate surface area is 173 Å². The smallest absolute Gasteiger partial charge is 0.253 e. The summed E-state index contributed by atoms with van der Waals surface area (Å²) < 4.78 is 0. The van der Waals surface area contributed by atoms with Gasteiger partial charge in [0.05, 0.1) is 53.3 Å². The van der Waals surface area contributed by atoms with Gasteiger partial charge in [-0.25, -0.2) is 4.98 Å². The Hall–Kier alpha value is -3.00. The number of benzene rings is 1. The van der Waals surface area contributed by atoms with E-state index < -0.39 is 0 Å². The molecule has 1 saturated carbocycles. The third-order valence-electron chi connectivity index (χ3n) is 5.30. The lowest BCUT2D eigenvalue weighted by molar-refractivity contribution is 0.0926. The molecule has 0 bridgehead atoms. The van der Waals surface area contributed by atoms with E-state index in [1.165, 1.54) is 4.80 Å². The number of carbonyl (C=O) groups excluding carboxylic acids is 1. The number of halogens is 1. The molecule has 0 aliphatic heterocycles. The van der Waals surface area contributed by atoms with Gasteiger partial charge in [-0.3, -0.25) is 9.78 Å². The molecule has 2 atom stereocenters. The Morgan fingerprint density at radius 1 is 1.24 bits per heavy atom. The quantitative estimate of drug-likeness (QED) is 0.669. The van der Waals surface area contributed by atoms with Crippen molar-refractivity contribution in [1.29, 1.82) is 0 Å². The van der Waals surface area contributed by atoms with Crippen LogP contribution in [0.4, 0.5) is 5.82 Å². The van der Waals surface area contributed by atoms with Gasteiger partial charge >= 0.3 is 0 Å². The highest BCUT2D eigenvalue weighted by atomic mass is 35.5. The molecule has 2 heterocycles. The van der Waals surface area contributed by atoms with Crippen molar-refractivity contribution < 1.29 is 4.79 Å². The molecule has 1 aromatic carbocycles. The molecule has 4 rings (SSSR count). The largest absolute Gasteiger partial charge is 0.362 e. The minimum absolute atomic E-state index is 0.0736. The number of aryl methyl sites for hydroxylation is 1. The van der Waals surface area contributed by atoms with Gasteiger partial charge in [-0.1, -0.05) is 11.6 Å². The number of hydrogen-bond acceptors (Lipinski definition) is 6. The molecule has 29 heavy (non-hydrogen) atoms. The minimum atomic E-state index is -0.331. The van der Waals surface area contributed by atoms with Crippen molar-refractivity contribution in [1.82, 2.24) is 30.3 Å². The van der Waals surface area contributed by atoms with E-state index >= 15 is 0 Å². The van der Waals surface area contributed by atoms with Crippen molar-refractivity contribution in [2.24, 2.45) is 0 Å². The topological polar surface area (TPSA) is 97.6 Å². The molecule has 1 aliphatic carbocycles. The Balaban J connectivity index is 1.56. The second-order valence-corrected chi connectivity index (χ2v) is 7.92. The van der Waals surface area contributed by atoms with Crippen LogP contribution in [-0.4, -0.2) is 42.4 Å². The van der Waals surface area contributed by atoms with E-state index in [1.807, 2.05) is 6.92 Å². The first-order chi connectivity index (χ1) is 13.9. The van der Waals surface area contributed by atoms with Crippen molar-refractivity contribution in [3.63, 3.8) is 0 Å². The Bertz CT molecular complexity index is 1010. The van der Waals surface area contributed by atoms with Crippen molar-refractivity contribution in [3.05, 3.63) is 59.3 Å². The monoisotopic (exact) mass is 411 g/mol. The zero-order chi connectivity index (χ0) is 20.4. The van der Waals surface area contributed by atoms with Crippen LogP contribution in [0.1, 0.15) is 42.2 Å². The summed E-state index contributed by atoms with van der Waals surface area (Å²) >= 11 is 6.16. The molecule has 150 valence electrons. The maximum absolute atomic E-state index is 13.2. The molecule has 1 aliphatic rings. The lowest BCUT2D eigenvalue weighted by Gasteiger charge is -2.34. The highest BCUT2D eigenvalue weighted by Gasteiger charge is 2.40. The van der Waals surface area contributed by atoms with E-state index in [0.717, 1.165) is 25.0 Å². The summed E-state index contributed by atoms with van der Waals surface area (Å²) in [6.07, 6.45) is 9.35. The van der Waals surface area contributed by atoms with Crippen LogP contribution in [0.25, 0.3) is 5.69 Å². The van der Waals surface area contributed by atoms with Crippen LogP contribution in [0.2, 0.25) is 5.02 Å². The lowest BCUT2D eigenvalue weighted by atomic mass is 9.95. The van der Waals surface area contributed by atoms with Crippen LogP contribution < -0.4 is 10.6 Å². The van der Waals surface area contributed by atoms with Gasteiger partial charge in [0.25, 0.3) is 5.91 Å². The minimum Gasteiger partial charge on any atom is -0.362 e. The van der Waals surface area contributed by atoms with Crippen LogP contribution in [0.5, 0.6) is 0 Å². The maximum atomic E-state index is 13.2. The van der Waals surface area contributed by atoms with Crippen molar-refractivity contribution in [2.75, 3.05) is 5.32 Å². The third kappa shape index (κ3) is 4.07. The number of anilines is 1. The van der Waals surface area contributed by atoms with Gasteiger partial charge in [-0.05, 0) is 51.3 Å². The molecule has 0 saturated heterocycles. The number of rotatable bonds is 5. The number of carbonyl (C=O) groups is 1. The normalized spacial score (nSPS) is 21.1. The summed E-state index contributed by atoms with van der Waals surface area (Å²) in [6, 6.07) is 5.02. The van der Waals surface area contributed by atoms with Gasteiger partial charge in [-0.15, -0.1) is 0 Å². The summed E-state index contributed by atoms with van der Waals surface area (Å²) in [5, 5.41) is 15.4. The van der Waals surface area contributed by atoms with Gasteiger partial charge in [0, 0.05) is 5.02 Å². The highest BCUT2D eigenvalue weighted by Crippen LogP contribution is 2.33. The molecule has 0 radical (unpaired) electrons. The third-order valence-corrected chi connectivity index (χ3v) is 5.53. The van der Waals surface area contributed by atoms with E-state index in [-0.39, 0.29) is 17.5 Å². The SMILES string of the molecule is Cc1cnc(N[C@@]2(C)CCC[C@@H]2NC(=O)c2cc(Cl)ccc2-n2nccn2)cn1. The molecular weight excluding hydrogens is 390 g/mol. The fourth-order valence-corrected chi connectivity index (χ4v) is 3.91. The van der Waals surface area contributed by atoms with Gasteiger partial charge < -0.3 is 10.6 Å². The van der Waals surface area contributed by atoms with Crippen LogP contribution in [0.3, 0.4) is 0 Å². The zero-order valence-electron chi connectivity index (χ0n) is 16.3. The van der Waals surface area contributed by atoms with E-state index in [4.69, 9.17) is 11.6 Å². The summed E-state index contributed by atoms with van der Waals surface area (Å²) in [7, 11) is 0. The van der Waals surface area contributed by atoms with Crippen molar-refractivity contribution in [3.8, 4) is 5.69 Å². The highest BCUT2D eigenvalue weighted by molar-refractivity contribution is 6.31. The van der Waals surface area contributed by atoms with E-state index in [0.29, 0.717) is 22.1 Å².